The zero-order valence-electron chi connectivity index (χ0n) is 11.8. The largest absolute Gasteiger partial charge is 0.311 e. The van der Waals surface area contributed by atoms with Gasteiger partial charge < -0.3 is 5.32 Å². The molecule has 0 amide bonds. The molecule has 0 aliphatic heterocycles. The highest BCUT2D eigenvalue weighted by Gasteiger charge is 2.30. The maximum Gasteiger partial charge on any atom is 0.272 e. The molecule has 0 spiro atoms. The Bertz CT molecular complexity index is 341. The molecule has 0 aliphatic carbocycles. The average Bonchev–Trinajstić information content (AvgIpc) is 2.39. The van der Waals surface area contributed by atoms with Crippen LogP contribution in [0.15, 0.2) is 30.3 Å². The van der Waals surface area contributed by atoms with Gasteiger partial charge in [-0.1, -0.05) is 44.2 Å². The fraction of sp³-hybridized carbons (Fsp3) is 0.600. The molecule has 108 valence electrons. The van der Waals surface area contributed by atoms with Gasteiger partial charge in [-0.05, 0) is 25.1 Å². The molecule has 0 unspecified atom stereocenters. The van der Waals surface area contributed by atoms with Crippen molar-refractivity contribution in [2.24, 2.45) is 0 Å². The van der Waals surface area contributed by atoms with Gasteiger partial charge in [0, 0.05) is 6.54 Å². The number of benzene rings is 1. The second-order valence-corrected chi connectivity index (χ2v) is 4.82. The summed E-state index contributed by atoms with van der Waals surface area (Å²) in [6, 6.07) is 9.74. The van der Waals surface area contributed by atoms with E-state index in [1.54, 1.807) is 4.90 Å². The van der Waals surface area contributed by atoms with E-state index in [2.05, 4.69) is 5.32 Å². The molecule has 4 heteroatoms. The van der Waals surface area contributed by atoms with Crippen LogP contribution in [0, 0.1) is 0 Å². The van der Waals surface area contributed by atoms with Crippen molar-refractivity contribution in [1.29, 1.82) is 0 Å². The molecule has 0 fully saturated rings. The van der Waals surface area contributed by atoms with Gasteiger partial charge in [0.15, 0.2) is 0 Å². The van der Waals surface area contributed by atoms with Crippen molar-refractivity contribution in [3.8, 4) is 0 Å². The minimum atomic E-state index is -2.68. The molecule has 1 rings (SSSR count). The van der Waals surface area contributed by atoms with E-state index < -0.39 is 5.92 Å². The Morgan fingerprint density at radius 1 is 1.16 bits per heavy atom. The van der Waals surface area contributed by atoms with E-state index in [0.717, 1.165) is 12.0 Å². The zero-order chi connectivity index (χ0) is 14.1. The first kappa shape index (κ1) is 16.1. The smallest absolute Gasteiger partial charge is 0.272 e. The van der Waals surface area contributed by atoms with E-state index in [-0.39, 0.29) is 13.1 Å². The van der Waals surface area contributed by atoms with Crippen LogP contribution in [0.3, 0.4) is 0 Å². The monoisotopic (exact) mass is 270 g/mol. The van der Waals surface area contributed by atoms with Crippen LogP contribution in [0.2, 0.25) is 0 Å². The molecule has 0 aromatic heterocycles. The summed E-state index contributed by atoms with van der Waals surface area (Å²) >= 11 is 0. The summed E-state index contributed by atoms with van der Waals surface area (Å²) < 4.78 is 27.6. The van der Waals surface area contributed by atoms with Crippen LogP contribution in [0.5, 0.6) is 0 Å². The van der Waals surface area contributed by atoms with Gasteiger partial charge in [0.25, 0.3) is 5.92 Å². The van der Waals surface area contributed by atoms with Gasteiger partial charge >= 0.3 is 0 Å². The summed E-state index contributed by atoms with van der Waals surface area (Å²) in [5.74, 6) is -2.68. The third-order valence-electron chi connectivity index (χ3n) is 2.96. The molecule has 1 N–H and O–H groups in total. The summed E-state index contributed by atoms with van der Waals surface area (Å²) in [5, 5.41) is 2.79. The van der Waals surface area contributed by atoms with Crippen LogP contribution in [0.4, 0.5) is 8.78 Å². The standard InChI is InChI=1S/C15H24F2N2/c1-3-10-18-12-15(16,17)13-19(4-2)11-14-8-6-5-7-9-14/h5-9,18H,3-4,10-13H2,1-2H3. The van der Waals surface area contributed by atoms with Crippen molar-refractivity contribution < 1.29 is 8.78 Å². The lowest BCUT2D eigenvalue weighted by Gasteiger charge is -2.26. The van der Waals surface area contributed by atoms with Crippen molar-refractivity contribution in [3.05, 3.63) is 35.9 Å². The molecule has 0 atom stereocenters. The number of halogens is 2. The molecule has 1 aromatic rings. The molecule has 19 heavy (non-hydrogen) atoms. The lowest BCUT2D eigenvalue weighted by molar-refractivity contribution is -0.0312. The van der Waals surface area contributed by atoms with E-state index in [1.165, 1.54) is 0 Å². The van der Waals surface area contributed by atoms with Crippen molar-refractivity contribution in [3.63, 3.8) is 0 Å². The van der Waals surface area contributed by atoms with Crippen LogP contribution in [0.25, 0.3) is 0 Å². The first-order valence-corrected chi connectivity index (χ1v) is 6.92. The number of hydrogen-bond acceptors (Lipinski definition) is 2. The van der Waals surface area contributed by atoms with Gasteiger partial charge in [-0.25, -0.2) is 8.78 Å². The summed E-state index contributed by atoms with van der Waals surface area (Å²) in [7, 11) is 0. The first-order valence-electron chi connectivity index (χ1n) is 6.92. The van der Waals surface area contributed by atoms with Gasteiger partial charge in [-0.2, -0.15) is 0 Å². The van der Waals surface area contributed by atoms with Crippen LogP contribution < -0.4 is 5.32 Å². The highest BCUT2D eigenvalue weighted by atomic mass is 19.3. The summed E-state index contributed by atoms with van der Waals surface area (Å²) in [6.45, 7) is 5.28. The number of alkyl halides is 2. The Morgan fingerprint density at radius 2 is 1.84 bits per heavy atom. The predicted molar refractivity (Wildman–Crippen MR) is 75.5 cm³/mol. The Labute approximate surface area is 114 Å². The van der Waals surface area contributed by atoms with E-state index in [9.17, 15) is 8.78 Å². The maximum absolute atomic E-state index is 13.8. The first-order chi connectivity index (χ1) is 9.07. The Hall–Kier alpha value is -1.00. The van der Waals surface area contributed by atoms with Gasteiger partial charge in [0.1, 0.15) is 0 Å². The Balaban J connectivity index is 2.46. The molecule has 1 aromatic carbocycles. The molecule has 0 heterocycles. The van der Waals surface area contributed by atoms with Crippen LogP contribution >= 0.6 is 0 Å². The molecular formula is C15H24F2N2. The average molecular weight is 270 g/mol. The fourth-order valence-electron chi connectivity index (χ4n) is 1.95. The minimum absolute atomic E-state index is 0.199. The molecule has 0 saturated heterocycles. The fourth-order valence-corrected chi connectivity index (χ4v) is 1.95. The zero-order valence-corrected chi connectivity index (χ0v) is 11.8. The molecule has 0 bridgehead atoms. The lowest BCUT2D eigenvalue weighted by Crippen LogP contribution is -2.43. The van der Waals surface area contributed by atoms with Crippen molar-refractivity contribution >= 4 is 0 Å². The van der Waals surface area contributed by atoms with Gasteiger partial charge in [-0.15, -0.1) is 0 Å². The SMILES string of the molecule is CCCNCC(F)(F)CN(CC)Cc1ccccc1. The summed E-state index contributed by atoms with van der Waals surface area (Å²) in [4.78, 5) is 1.78. The van der Waals surface area contributed by atoms with Crippen molar-refractivity contribution in [2.75, 3.05) is 26.2 Å². The van der Waals surface area contributed by atoms with E-state index >= 15 is 0 Å². The second-order valence-electron chi connectivity index (χ2n) is 4.82. The third-order valence-corrected chi connectivity index (χ3v) is 2.96. The normalized spacial score (nSPS) is 12.1. The number of rotatable bonds is 9. The highest BCUT2D eigenvalue weighted by molar-refractivity contribution is 5.14. The second kappa shape index (κ2) is 8.23. The number of hydrogen-bond donors (Lipinski definition) is 1. The molecular weight excluding hydrogens is 246 g/mol. The minimum Gasteiger partial charge on any atom is -0.311 e. The summed E-state index contributed by atoms with van der Waals surface area (Å²) in [5.41, 5.74) is 1.07. The Kier molecular flexibility index (Phi) is 6.95. The number of nitrogens with zero attached hydrogens (tertiary/aromatic N) is 1. The van der Waals surface area contributed by atoms with E-state index in [1.807, 2.05) is 44.2 Å². The predicted octanol–water partition coefficient (Wildman–Crippen LogP) is 3.14. The van der Waals surface area contributed by atoms with Crippen molar-refractivity contribution in [1.82, 2.24) is 10.2 Å². The number of nitrogens with one attached hydrogen (secondary N) is 1. The molecule has 2 nitrogen and oxygen atoms in total. The van der Waals surface area contributed by atoms with E-state index in [4.69, 9.17) is 0 Å². The molecule has 0 radical (unpaired) electrons. The third kappa shape index (κ3) is 6.64. The quantitative estimate of drug-likeness (QED) is 0.693. The molecule has 0 saturated carbocycles. The van der Waals surface area contributed by atoms with Gasteiger partial charge in [-0.3, -0.25) is 4.90 Å². The van der Waals surface area contributed by atoms with Crippen molar-refractivity contribution in [2.45, 2.75) is 32.7 Å². The van der Waals surface area contributed by atoms with Gasteiger partial charge in [0.2, 0.25) is 0 Å². The topological polar surface area (TPSA) is 15.3 Å². The van der Waals surface area contributed by atoms with Crippen LogP contribution in [-0.2, 0) is 6.54 Å². The maximum atomic E-state index is 13.8. The lowest BCUT2D eigenvalue weighted by atomic mass is 10.2. The summed E-state index contributed by atoms with van der Waals surface area (Å²) in [6.07, 6.45) is 0.873. The highest BCUT2D eigenvalue weighted by Crippen LogP contribution is 2.16. The molecule has 0 aliphatic rings. The van der Waals surface area contributed by atoms with Gasteiger partial charge in [0.05, 0.1) is 13.1 Å². The Morgan fingerprint density at radius 3 is 2.42 bits per heavy atom. The van der Waals surface area contributed by atoms with Crippen LogP contribution in [-0.4, -0.2) is 37.0 Å². The van der Waals surface area contributed by atoms with Crippen LogP contribution in [0.1, 0.15) is 25.8 Å². The van der Waals surface area contributed by atoms with E-state index in [0.29, 0.717) is 19.6 Å².